The fourth-order valence-corrected chi connectivity index (χ4v) is 3.42. The number of nitrogens with zero attached hydrogens (tertiary/aromatic N) is 1. The van der Waals surface area contributed by atoms with Gasteiger partial charge in [0.1, 0.15) is 0 Å². The topological polar surface area (TPSA) is 49.4 Å². The molecular weight excluding hydrogens is 248 g/mol. The quantitative estimate of drug-likeness (QED) is 0.686. The first-order valence-corrected chi connectivity index (χ1v) is 8.88. The van der Waals surface area contributed by atoms with Crippen LogP contribution in [0.1, 0.15) is 40.0 Å². The van der Waals surface area contributed by atoms with Gasteiger partial charge in [-0.3, -0.25) is 0 Å². The Morgan fingerprint density at radius 1 is 1.33 bits per heavy atom. The van der Waals surface area contributed by atoms with Crippen LogP contribution in [0.15, 0.2) is 0 Å². The summed E-state index contributed by atoms with van der Waals surface area (Å²) in [5.74, 6) is 1.68. The van der Waals surface area contributed by atoms with E-state index in [1.165, 1.54) is 23.4 Å². The highest BCUT2D eigenvalue weighted by molar-refractivity contribution is 7.88. The van der Waals surface area contributed by atoms with Crippen LogP contribution in [-0.4, -0.2) is 44.7 Å². The van der Waals surface area contributed by atoms with Crippen LogP contribution in [0.5, 0.6) is 0 Å². The van der Waals surface area contributed by atoms with Crippen molar-refractivity contribution in [2.45, 2.75) is 46.1 Å². The highest BCUT2D eigenvalue weighted by atomic mass is 32.2. The van der Waals surface area contributed by atoms with E-state index in [2.05, 4.69) is 19.2 Å². The maximum absolute atomic E-state index is 11.4. The van der Waals surface area contributed by atoms with Crippen molar-refractivity contribution < 1.29 is 8.42 Å². The summed E-state index contributed by atoms with van der Waals surface area (Å²) >= 11 is 0. The van der Waals surface area contributed by atoms with E-state index in [0.717, 1.165) is 24.8 Å². The molecule has 0 aliphatic heterocycles. The largest absolute Gasteiger partial charge is 0.314 e. The maximum atomic E-state index is 11.4. The molecule has 0 aromatic heterocycles. The zero-order chi connectivity index (χ0) is 13.8. The molecule has 0 heterocycles. The lowest BCUT2D eigenvalue weighted by Gasteiger charge is -2.38. The molecule has 0 unspecified atom stereocenters. The molecule has 0 radical (unpaired) electrons. The molecule has 1 fully saturated rings. The molecule has 0 aromatic carbocycles. The third kappa shape index (κ3) is 4.86. The van der Waals surface area contributed by atoms with E-state index in [-0.39, 0.29) is 0 Å². The minimum Gasteiger partial charge on any atom is -0.314 e. The van der Waals surface area contributed by atoms with Gasteiger partial charge in [-0.25, -0.2) is 12.7 Å². The second-order valence-corrected chi connectivity index (χ2v) is 7.72. The Labute approximate surface area is 112 Å². The Bertz CT molecular complexity index is 335. The van der Waals surface area contributed by atoms with Gasteiger partial charge >= 0.3 is 0 Å². The molecule has 5 heteroatoms. The Hall–Kier alpha value is -0.130. The van der Waals surface area contributed by atoms with Gasteiger partial charge in [0.2, 0.25) is 10.0 Å². The molecule has 1 aliphatic carbocycles. The first-order valence-electron chi connectivity index (χ1n) is 7.03. The van der Waals surface area contributed by atoms with Crippen LogP contribution < -0.4 is 5.32 Å². The van der Waals surface area contributed by atoms with Crippen molar-refractivity contribution in [2.24, 2.45) is 11.8 Å². The zero-order valence-corrected chi connectivity index (χ0v) is 13.0. The monoisotopic (exact) mass is 276 g/mol. The molecule has 1 saturated carbocycles. The van der Waals surface area contributed by atoms with E-state index in [9.17, 15) is 8.42 Å². The normalized spacial score (nSPS) is 24.6. The zero-order valence-electron chi connectivity index (χ0n) is 12.1. The van der Waals surface area contributed by atoms with Crippen LogP contribution in [0.4, 0.5) is 0 Å². The smallest absolute Gasteiger partial charge is 0.211 e. The first kappa shape index (κ1) is 15.9. The van der Waals surface area contributed by atoms with Crippen molar-refractivity contribution in [3.05, 3.63) is 0 Å². The molecular formula is C13H28N2O2S. The van der Waals surface area contributed by atoms with Gasteiger partial charge in [0.25, 0.3) is 0 Å². The van der Waals surface area contributed by atoms with E-state index in [4.69, 9.17) is 0 Å². The molecule has 108 valence electrons. The highest BCUT2D eigenvalue weighted by Gasteiger charge is 2.30. The number of nitrogens with one attached hydrogen (secondary N) is 1. The van der Waals surface area contributed by atoms with E-state index in [0.29, 0.717) is 19.1 Å². The molecule has 0 aromatic rings. The fourth-order valence-electron chi connectivity index (χ4n) is 2.49. The van der Waals surface area contributed by atoms with E-state index in [1.807, 2.05) is 6.92 Å². The molecule has 1 N–H and O–H groups in total. The van der Waals surface area contributed by atoms with Crippen LogP contribution in [0, 0.1) is 11.8 Å². The Morgan fingerprint density at radius 3 is 2.39 bits per heavy atom. The predicted molar refractivity (Wildman–Crippen MR) is 76.1 cm³/mol. The molecule has 0 spiro atoms. The number of sulfonamides is 1. The third-order valence-electron chi connectivity index (χ3n) is 3.96. The molecule has 0 saturated heterocycles. The molecule has 0 bridgehead atoms. The van der Waals surface area contributed by atoms with Crippen molar-refractivity contribution in [1.82, 2.24) is 9.62 Å². The van der Waals surface area contributed by atoms with Gasteiger partial charge in [-0.1, -0.05) is 20.8 Å². The molecule has 1 aliphatic rings. The minimum atomic E-state index is -3.02. The lowest BCUT2D eigenvalue weighted by molar-refractivity contribution is 0.168. The summed E-state index contributed by atoms with van der Waals surface area (Å²) in [5, 5.41) is 3.51. The van der Waals surface area contributed by atoms with E-state index >= 15 is 0 Å². The number of hydrogen-bond acceptors (Lipinski definition) is 3. The van der Waals surface area contributed by atoms with Crippen molar-refractivity contribution in [3.63, 3.8) is 0 Å². The van der Waals surface area contributed by atoms with Crippen LogP contribution in [-0.2, 0) is 10.0 Å². The summed E-state index contributed by atoms with van der Waals surface area (Å²) in [6, 6.07) is 0.658. The van der Waals surface area contributed by atoms with Gasteiger partial charge < -0.3 is 5.32 Å². The van der Waals surface area contributed by atoms with Crippen LogP contribution in [0.25, 0.3) is 0 Å². The van der Waals surface area contributed by atoms with E-state index in [1.54, 1.807) is 0 Å². The maximum Gasteiger partial charge on any atom is 0.211 e. The van der Waals surface area contributed by atoms with Crippen molar-refractivity contribution >= 4 is 10.0 Å². The molecule has 1 rings (SSSR count). The highest BCUT2D eigenvalue weighted by Crippen LogP contribution is 2.33. The van der Waals surface area contributed by atoms with Gasteiger partial charge in [-0.05, 0) is 37.6 Å². The Morgan fingerprint density at radius 2 is 1.94 bits per heavy atom. The second kappa shape index (κ2) is 6.87. The van der Waals surface area contributed by atoms with Crippen LogP contribution in [0.3, 0.4) is 0 Å². The van der Waals surface area contributed by atoms with Crippen molar-refractivity contribution in [3.8, 4) is 0 Å². The van der Waals surface area contributed by atoms with Gasteiger partial charge in [-0.2, -0.15) is 0 Å². The summed E-state index contributed by atoms with van der Waals surface area (Å²) in [5.41, 5.74) is 0. The Kier molecular flexibility index (Phi) is 6.08. The number of rotatable bonds is 8. The van der Waals surface area contributed by atoms with Crippen LogP contribution in [0.2, 0.25) is 0 Å². The van der Waals surface area contributed by atoms with Gasteiger partial charge in [-0.15, -0.1) is 0 Å². The van der Waals surface area contributed by atoms with Gasteiger partial charge in [0, 0.05) is 19.1 Å². The first-order chi connectivity index (χ1) is 8.34. The molecule has 18 heavy (non-hydrogen) atoms. The molecule has 0 atom stereocenters. The SMILES string of the molecule is CCN(CCCNC1CC(C(C)C)C1)S(C)(=O)=O. The third-order valence-corrected chi connectivity index (χ3v) is 5.34. The summed E-state index contributed by atoms with van der Waals surface area (Å²) < 4.78 is 24.3. The van der Waals surface area contributed by atoms with Crippen molar-refractivity contribution in [2.75, 3.05) is 25.9 Å². The van der Waals surface area contributed by atoms with E-state index < -0.39 is 10.0 Å². The summed E-state index contributed by atoms with van der Waals surface area (Å²) in [7, 11) is -3.02. The van der Waals surface area contributed by atoms with Gasteiger partial charge in [0.15, 0.2) is 0 Å². The average Bonchev–Trinajstić information content (AvgIpc) is 2.17. The van der Waals surface area contributed by atoms with Crippen molar-refractivity contribution in [1.29, 1.82) is 0 Å². The standard InChI is InChI=1S/C13H28N2O2S/c1-5-15(18(4,16)17)8-6-7-14-13-9-12(10-13)11(2)3/h11-14H,5-10H2,1-4H3. The average molecular weight is 276 g/mol. The van der Waals surface area contributed by atoms with Crippen LogP contribution >= 0.6 is 0 Å². The fraction of sp³-hybridized carbons (Fsp3) is 1.00. The molecule has 0 amide bonds. The summed E-state index contributed by atoms with van der Waals surface area (Å²) in [4.78, 5) is 0. The predicted octanol–water partition coefficient (Wildman–Crippen LogP) is 1.68. The lowest BCUT2D eigenvalue weighted by atomic mass is 9.74. The summed E-state index contributed by atoms with van der Waals surface area (Å²) in [6.07, 6.45) is 4.73. The van der Waals surface area contributed by atoms with Gasteiger partial charge in [0.05, 0.1) is 6.26 Å². The summed E-state index contributed by atoms with van der Waals surface area (Å²) in [6.45, 7) is 8.56. The second-order valence-electron chi connectivity index (χ2n) is 5.73. The molecule has 4 nitrogen and oxygen atoms in total. The number of hydrogen-bond donors (Lipinski definition) is 1. The lowest BCUT2D eigenvalue weighted by Crippen LogP contribution is -2.44. The minimum absolute atomic E-state index is 0.567. The Balaban J connectivity index is 2.09.